The Kier molecular flexibility index (Phi) is 23.8. The van der Waals surface area contributed by atoms with Gasteiger partial charge in [0.15, 0.2) is 5.78 Å². The highest BCUT2D eigenvalue weighted by atomic mass is 16.5. The van der Waals surface area contributed by atoms with Gasteiger partial charge in [0.1, 0.15) is 30.9 Å². The molecule has 3 unspecified atom stereocenters. The van der Waals surface area contributed by atoms with E-state index in [4.69, 9.17) is 19.3 Å². The van der Waals surface area contributed by atoms with Crippen LogP contribution in [-0.2, 0) is 33.4 Å². The molecule has 2 N–H and O–H groups in total. The summed E-state index contributed by atoms with van der Waals surface area (Å²) in [6, 6.07) is 0. The first-order chi connectivity index (χ1) is 24.8. The van der Waals surface area contributed by atoms with Crippen molar-refractivity contribution in [2.24, 2.45) is 23.2 Å². The van der Waals surface area contributed by atoms with Gasteiger partial charge < -0.3 is 34.0 Å². The van der Waals surface area contributed by atoms with Crippen LogP contribution in [0.5, 0.6) is 0 Å². The minimum Gasteiger partial charge on any atom is -0.464 e. The average Bonchev–Trinajstić information content (AvgIpc) is 3.14. The molecule has 9 heteroatoms. The number of allylic oxidation sites excluding steroid dienone is 7. The highest BCUT2D eigenvalue weighted by Gasteiger charge is 2.38. The fraction of sp³-hybridized carbons (Fsp3) is 0.721. The number of hydrogen-bond acceptors (Lipinski definition) is 9. The summed E-state index contributed by atoms with van der Waals surface area (Å²) in [5.41, 5.74) is -0.810. The minimum absolute atomic E-state index is 0.126. The molecule has 1 fully saturated rings. The van der Waals surface area contributed by atoms with Crippen molar-refractivity contribution in [1.82, 2.24) is 0 Å². The standard InChI is InChI=1S/C43H70O9/c1-33(18-14-12-10-8-9-11-13-15-27-43(6,31-46)35(3)20-17-29-45)39(48)41(40(49)34(2)19-16-28-44)52-42(4,5)30-38(51-32-47)26-23-36-21-24-37(50-7)25-22-36/h8-13,19,28,31-33,35-38,40-41,45,49H,14-18,20-27,29-30H2,1-7H3/b9-8+,12-10+,13-11+,34-19+/t33?,35-,36?,37?,38?,40?,41+,43+/m1/s1. The Morgan fingerprint density at radius 3 is 2.15 bits per heavy atom. The molecule has 0 aromatic rings. The Morgan fingerprint density at radius 1 is 0.923 bits per heavy atom. The van der Waals surface area contributed by atoms with E-state index >= 15 is 0 Å². The van der Waals surface area contributed by atoms with Crippen molar-refractivity contribution in [3.8, 4) is 0 Å². The topological polar surface area (TPSA) is 136 Å². The molecular weight excluding hydrogens is 660 g/mol. The molecule has 296 valence electrons. The normalized spacial score (nSPS) is 21.4. The van der Waals surface area contributed by atoms with Gasteiger partial charge in [-0.05, 0) is 115 Å². The molecule has 0 amide bonds. The largest absolute Gasteiger partial charge is 0.464 e. The monoisotopic (exact) mass is 731 g/mol. The number of aliphatic hydroxyl groups excluding tert-OH is 2. The summed E-state index contributed by atoms with van der Waals surface area (Å²) in [6.07, 6.45) is 23.3. The number of rotatable bonds is 29. The first-order valence-corrected chi connectivity index (χ1v) is 19.4. The van der Waals surface area contributed by atoms with Crippen LogP contribution in [0.1, 0.15) is 131 Å². The first kappa shape index (κ1) is 47.3. The van der Waals surface area contributed by atoms with Gasteiger partial charge in [-0.1, -0.05) is 63.3 Å². The van der Waals surface area contributed by atoms with Crippen LogP contribution in [0.4, 0.5) is 0 Å². The molecule has 0 aromatic carbocycles. The van der Waals surface area contributed by atoms with Crippen molar-refractivity contribution in [2.45, 2.75) is 161 Å². The summed E-state index contributed by atoms with van der Waals surface area (Å²) in [5.74, 6) is 0.131. The Morgan fingerprint density at radius 2 is 1.58 bits per heavy atom. The summed E-state index contributed by atoms with van der Waals surface area (Å²) < 4.78 is 17.4. The lowest BCUT2D eigenvalue weighted by Gasteiger charge is -2.36. The number of carbonyl (C=O) groups excluding carboxylic acids is 4. The molecular formula is C43H70O9. The van der Waals surface area contributed by atoms with Gasteiger partial charge in [0, 0.05) is 37.9 Å². The summed E-state index contributed by atoms with van der Waals surface area (Å²) in [4.78, 5) is 48.0. The van der Waals surface area contributed by atoms with Crippen LogP contribution < -0.4 is 0 Å². The predicted molar refractivity (Wildman–Crippen MR) is 207 cm³/mol. The van der Waals surface area contributed by atoms with Crippen LogP contribution in [0.2, 0.25) is 0 Å². The van der Waals surface area contributed by atoms with E-state index in [2.05, 4.69) is 6.92 Å². The Balaban J connectivity index is 2.81. The lowest BCUT2D eigenvalue weighted by atomic mass is 9.74. The summed E-state index contributed by atoms with van der Waals surface area (Å²) in [5, 5.41) is 20.4. The molecule has 0 saturated heterocycles. The zero-order chi connectivity index (χ0) is 39.0. The van der Waals surface area contributed by atoms with Crippen molar-refractivity contribution >= 4 is 24.8 Å². The molecule has 52 heavy (non-hydrogen) atoms. The molecule has 1 saturated carbocycles. The van der Waals surface area contributed by atoms with E-state index < -0.39 is 29.1 Å². The van der Waals surface area contributed by atoms with Gasteiger partial charge in [-0.2, -0.15) is 0 Å². The van der Waals surface area contributed by atoms with E-state index in [9.17, 15) is 24.3 Å². The quantitative estimate of drug-likeness (QED) is 0.0446. The number of ether oxygens (including phenoxy) is 3. The number of Topliss-reactive ketones (excluding diaryl/α,β-unsaturated/α-hetero) is 1. The zero-order valence-electron chi connectivity index (χ0n) is 33.2. The van der Waals surface area contributed by atoms with Gasteiger partial charge in [-0.15, -0.1) is 0 Å². The fourth-order valence-electron chi connectivity index (χ4n) is 6.98. The Bertz CT molecular complexity index is 1150. The van der Waals surface area contributed by atoms with Crippen LogP contribution in [0.25, 0.3) is 0 Å². The zero-order valence-corrected chi connectivity index (χ0v) is 33.2. The third kappa shape index (κ3) is 18.4. The molecule has 0 spiro atoms. The second kappa shape index (κ2) is 26.1. The summed E-state index contributed by atoms with van der Waals surface area (Å²) in [7, 11) is 1.76. The molecule has 6 atom stereocenters. The number of methoxy groups -OCH3 is 1. The second-order valence-corrected chi connectivity index (χ2v) is 15.7. The maximum atomic E-state index is 13.8. The molecule has 0 aliphatic heterocycles. The molecule has 0 bridgehead atoms. The maximum absolute atomic E-state index is 13.8. The molecule has 1 aliphatic carbocycles. The Labute approximate surface area is 314 Å². The molecule has 1 rings (SSSR count). The van der Waals surface area contributed by atoms with Crippen molar-refractivity contribution < 1.29 is 43.6 Å². The molecule has 0 radical (unpaired) electrons. The number of ketones is 1. The van der Waals surface area contributed by atoms with Crippen molar-refractivity contribution in [3.63, 3.8) is 0 Å². The van der Waals surface area contributed by atoms with E-state index in [1.54, 1.807) is 20.1 Å². The maximum Gasteiger partial charge on any atom is 0.293 e. The molecule has 0 heterocycles. The van der Waals surface area contributed by atoms with Crippen molar-refractivity contribution in [2.75, 3.05) is 13.7 Å². The minimum atomic E-state index is -1.23. The molecule has 9 nitrogen and oxygen atoms in total. The third-order valence-corrected chi connectivity index (χ3v) is 10.9. The third-order valence-electron chi connectivity index (χ3n) is 10.9. The predicted octanol–water partition coefficient (Wildman–Crippen LogP) is 8.01. The smallest absolute Gasteiger partial charge is 0.293 e. The molecule has 0 aromatic heterocycles. The first-order valence-electron chi connectivity index (χ1n) is 19.4. The number of carbonyl (C=O) groups is 4. The summed E-state index contributed by atoms with van der Waals surface area (Å²) >= 11 is 0. The highest BCUT2D eigenvalue weighted by Crippen LogP contribution is 2.34. The van der Waals surface area contributed by atoms with E-state index in [1.165, 1.54) is 0 Å². The molecule has 1 aliphatic rings. The van der Waals surface area contributed by atoms with Crippen LogP contribution in [-0.4, -0.2) is 78.8 Å². The lowest BCUT2D eigenvalue weighted by molar-refractivity contribution is -0.164. The van der Waals surface area contributed by atoms with Gasteiger partial charge in [0.2, 0.25) is 0 Å². The number of hydrogen-bond donors (Lipinski definition) is 2. The van der Waals surface area contributed by atoms with Crippen molar-refractivity contribution in [3.05, 3.63) is 48.1 Å². The SMILES string of the molecule is COC1CCC(CCC(CC(C)(C)O[C@@H](C(=O)C(C)CC/C=C/C=C/C=C/CC[C@@](C)(C=O)[C@H](C)CCCO)C(O)/C(C)=C/CC=O)OC=O)CC1. The highest BCUT2D eigenvalue weighted by molar-refractivity contribution is 5.86. The van der Waals surface area contributed by atoms with Crippen LogP contribution in [0.3, 0.4) is 0 Å². The van der Waals surface area contributed by atoms with Crippen LogP contribution in [0.15, 0.2) is 48.1 Å². The number of aldehydes is 2. The Hall–Kier alpha value is -2.72. The van der Waals surface area contributed by atoms with Gasteiger partial charge in [0.05, 0.1) is 11.7 Å². The lowest BCUT2D eigenvalue weighted by Crippen LogP contribution is -2.46. The van der Waals surface area contributed by atoms with E-state index in [0.29, 0.717) is 56.2 Å². The van der Waals surface area contributed by atoms with Gasteiger partial charge in [0.25, 0.3) is 6.47 Å². The number of aliphatic hydroxyl groups is 2. The fourth-order valence-corrected chi connectivity index (χ4v) is 6.98. The van der Waals surface area contributed by atoms with Crippen LogP contribution in [0, 0.1) is 23.2 Å². The van der Waals surface area contributed by atoms with Gasteiger partial charge in [-0.3, -0.25) is 9.59 Å². The average molecular weight is 731 g/mol. The van der Waals surface area contributed by atoms with Gasteiger partial charge in [-0.25, -0.2) is 0 Å². The van der Waals surface area contributed by atoms with E-state index in [1.807, 2.05) is 64.2 Å². The van der Waals surface area contributed by atoms with E-state index in [0.717, 1.165) is 63.9 Å². The summed E-state index contributed by atoms with van der Waals surface area (Å²) in [6.45, 7) is 11.9. The van der Waals surface area contributed by atoms with Crippen LogP contribution >= 0.6 is 0 Å². The van der Waals surface area contributed by atoms with Crippen molar-refractivity contribution in [1.29, 1.82) is 0 Å². The second-order valence-electron chi connectivity index (χ2n) is 15.7. The van der Waals surface area contributed by atoms with E-state index in [-0.39, 0.29) is 30.8 Å². The van der Waals surface area contributed by atoms with Gasteiger partial charge >= 0.3 is 0 Å².